The van der Waals surface area contributed by atoms with Gasteiger partial charge in [-0.15, -0.1) is 10.2 Å². The van der Waals surface area contributed by atoms with Crippen molar-refractivity contribution >= 4 is 23.1 Å². The first-order valence-corrected chi connectivity index (χ1v) is 7.43. The highest BCUT2D eigenvalue weighted by Gasteiger charge is 2.01. The molecule has 0 aliphatic carbocycles. The van der Waals surface area contributed by atoms with E-state index in [1.165, 1.54) is 0 Å². The number of aryl methyl sites for hydroxylation is 1. The van der Waals surface area contributed by atoms with E-state index in [9.17, 15) is 0 Å². The summed E-state index contributed by atoms with van der Waals surface area (Å²) in [6.45, 7) is 3.18. The van der Waals surface area contributed by atoms with Crippen LogP contribution < -0.4 is 10.5 Å². The van der Waals surface area contributed by atoms with Crippen molar-refractivity contribution in [3.05, 3.63) is 34.8 Å². The molecule has 0 aliphatic heterocycles. The van der Waals surface area contributed by atoms with E-state index in [1.54, 1.807) is 23.1 Å². The molecule has 0 unspecified atom stereocenters. The Morgan fingerprint density at radius 2 is 2.06 bits per heavy atom. The molecule has 0 atom stereocenters. The number of hydrogen-bond donors (Lipinski definition) is 1. The van der Waals surface area contributed by atoms with Crippen molar-refractivity contribution in [3.63, 3.8) is 0 Å². The second kappa shape index (κ2) is 6.72. The van der Waals surface area contributed by atoms with Gasteiger partial charge >= 0.3 is 0 Å². The van der Waals surface area contributed by atoms with Crippen LogP contribution in [0.2, 0.25) is 0 Å². The SMILES string of the molecule is Cc1nnc(SCCOc2ccc(CN)cc2)s1. The lowest BCUT2D eigenvalue weighted by molar-refractivity contribution is 0.344. The van der Waals surface area contributed by atoms with Gasteiger partial charge in [0, 0.05) is 12.3 Å². The molecule has 0 spiro atoms. The average molecular weight is 281 g/mol. The molecule has 96 valence electrons. The minimum absolute atomic E-state index is 0.562. The summed E-state index contributed by atoms with van der Waals surface area (Å²) in [5, 5.41) is 9.01. The molecular weight excluding hydrogens is 266 g/mol. The van der Waals surface area contributed by atoms with E-state index in [4.69, 9.17) is 10.5 Å². The van der Waals surface area contributed by atoms with Crippen molar-refractivity contribution in [1.82, 2.24) is 10.2 Å². The van der Waals surface area contributed by atoms with Crippen molar-refractivity contribution < 1.29 is 4.74 Å². The van der Waals surface area contributed by atoms with Gasteiger partial charge in [0.2, 0.25) is 0 Å². The maximum absolute atomic E-state index is 5.63. The van der Waals surface area contributed by atoms with E-state index in [0.717, 1.165) is 26.4 Å². The number of nitrogens with two attached hydrogens (primary N) is 1. The highest BCUT2D eigenvalue weighted by molar-refractivity contribution is 8.01. The highest BCUT2D eigenvalue weighted by Crippen LogP contribution is 2.21. The Balaban J connectivity index is 1.71. The summed E-state index contributed by atoms with van der Waals surface area (Å²) in [4.78, 5) is 0. The number of thioether (sulfide) groups is 1. The molecule has 0 amide bonds. The Morgan fingerprint density at radius 3 is 2.67 bits per heavy atom. The van der Waals surface area contributed by atoms with Crippen LogP contribution in [0.4, 0.5) is 0 Å². The van der Waals surface area contributed by atoms with E-state index in [2.05, 4.69) is 10.2 Å². The van der Waals surface area contributed by atoms with E-state index < -0.39 is 0 Å². The highest BCUT2D eigenvalue weighted by atomic mass is 32.2. The van der Waals surface area contributed by atoms with Crippen molar-refractivity contribution in [3.8, 4) is 5.75 Å². The topological polar surface area (TPSA) is 61.0 Å². The minimum Gasteiger partial charge on any atom is -0.493 e. The molecule has 6 heteroatoms. The number of ether oxygens (including phenoxy) is 1. The monoisotopic (exact) mass is 281 g/mol. The zero-order valence-electron chi connectivity index (χ0n) is 10.1. The molecule has 2 rings (SSSR count). The fraction of sp³-hybridized carbons (Fsp3) is 0.333. The second-order valence-electron chi connectivity index (χ2n) is 3.63. The van der Waals surface area contributed by atoms with Crippen LogP contribution in [-0.2, 0) is 6.54 Å². The molecular formula is C12H15N3OS2. The number of aromatic nitrogens is 2. The summed E-state index contributed by atoms with van der Waals surface area (Å²) in [5.74, 6) is 1.74. The summed E-state index contributed by atoms with van der Waals surface area (Å²) in [5.41, 5.74) is 6.64. The molecule has 2 N–H and O–H groups in total. The molecule has 0 saturated heterocycles. The van der Waals surface area contributed by atoms with E-state index in [0.29, 0.717) is 13.2 Å². The van der Waals surface area contributed by atoms with Crippen LogP contribution in [0.1, 0.15) is 10.6 Å². The summed E-state index contributed by atoms with van der Waals surface area (Å²) in [6.07, 6.45) is 0. The van der Waals surface area contributed by atoms with Crippen molar-refractivity contribution in [2.24, 2.45) is 5.73 Å². The molecule has 4 nitrogen and oxygen atoms in total. The maximum atomic E-state index is 5.63. The molecule has 0 saturated carbocycles. The standard InChI is InChI=1S/C12H15N3OS2/c1-9-14-15-12(18-9)17-7-6-16-11-4-2-10(8-13)3-5-11/h2-5H,6-8,13H2,1H3. The first kappa shape index (κ1) is 13.3. The molecule has 1 heterocycles. The van der Waals surface area contributed by atoms with Crippen LogP contribution in [-0.4, -0.2) is 22.6 Å². The van der Waals surface area contributed by atoms with Crippen LogP contribution in [0.25, 0.3) is 0 Å². The lowest BCUT2D eigenvalue weighted by Gasteiger charge is -2.05. The molecule has 0 aliphatic rings. The minimum atomic E-state index is 0.562. The quantitative estimate of drug-likeness (QED) is 0.651. The van der Waals surface area contributed by atoms with Gasteiger partial charge < -0.3 is 10.5 Å². The first-order valence-electron chi connectivity index (χ1n) is 5.62. The third kappa shape index (κ3) is 3.97. The van der Waals surface area contributed by atoms with Gasteiger partial charge in [0.15, 0.2) is 4.34 Å². The molecule has 2 aromatic rings. The summed E-state index contributed by atoms with van der Waals surface area (Å²) < 4.78 is 6.62. The van der Waals surface area contributed by atoms with Gasteiger partial charge in [-0.3, -0.25) is 0 Å². The average Bonchev–Trinajstić information content (AvgIpc) is 2.81. The zero-order valence-corrected chi connectivity index (χ0v) is 11.8. The molecule has 0 radical (unpaired) electrons. The maximum Gasteiger partial charge on any atom is 0.174 e. The second-order valence-corrected chi connectivity index (χ2v) is 6.16. The van der Waals surface area contributed by atoms with Gasteiger partial charge in [-0.25, -0.2) is 0 Å². The van der Waals surface area contributed by atoms with Crippen LogP contribution in [0.15, 0.2) is 28.6 Å². The van der Waals surface area contributed by atoms with Crippen molar-refractivity contribution in [2.75, 3.05) is 12.4 Å². The third-order valence-electron chi connectivity index (χ3n) is 2.24. The Labute approximate surface area is 115 Å². The summed E-state index contributed by atoms with van der Waals surface area (Å²) in [7, 11) is 0. The molecule has 0 fully saturated rings. The Bertz CT molecular complexity index is 484. The van der Waals surface area contributed by atoms with Gasteiger partial charge in [0.05, 0.1) is 6.61 Å². The van der Waals surface area contributed by atoms with Crippen LogP contribution in [0.5, 0.6) is 5.75 Å². The largest absolute Gasteiger partial charge is 0.493 e. The molecule has 18 heavy (non-hydrogen) atoms. The Hall–Kier alpha value is -1.11. The Morgan fingerprint density at radius 1 is 1.28 bits per heavy atom. The predicted molar refractivity (Wildman–Crippen MR) is 75.2 cm³/mol. The van der Waals surface area contributed by atoms with Crippen molar-refractivity contribution in [2.45, 2.75) is 17.8 Å². The predicted octanol–water partition coefficient (Wildman–Crippen LogP) is 2.48. The van der Waals surface area contributed by atoms with E-state index in [-0.39, 0.29) is 0 Å². The smallest absolute Gasteiger partial charge is 0.174 e. The van der Waals surface area contributed by atoms with Gasteiger partial charge in [-0.1, -0.05) is 35.2 Å². The lowest BCUT2D eigenvalue weighted by Crippen LogP contribution is -2.01. The van der Waals surface area contributed by atoms with Gasteiger partial charge in [-0.2, -0.15) is 0 Å². The number of benzene rings is 1. The van der Waals surface area contributed by atoms with E-state index in [1.807, 2.05) is 31.2 Å². The third-order valence-corrected chi connectivity index (χ3v) is 4.18. The van der Waals surface area contributed by atoms with Crippen LogP contribution >= 0.6 is 23.1 Å². The normalized spacial score (nSPS) is 10.6. The summed E-state index contributed by atoms with van der Waals surface area (Å²) >= 11 is 3.28. The first-order chi connectivity index (χ1) is 8.78. The van der Waals surface area contributed by atoms with Gasteiger partial charge in [-0.05, 0) is 24.6 Å². The lowest BCUT2D eigenvalue weighted by atomic mass is 10.2. The fourth-order valence-electron chi connectivity index (χ4n) is 1.35. The van der Waals surface area contributed by atoms with Crippen molar-refractivity contribution in [1.29, 1.82) is 0 Å². The number of rotatable bonds is 6. The van der Waals surface area contributed by atoms with Gasteiger partial charge in [0.25, 0.3) is 0 Å². The summed E-state index contributed by atoms with van der Waals surface area (Å²) in [6, 6.07) is 7.86. The molecule has 0 bridgehead atoms. The number of nitrogens with zero attached hydrogens (tertiary/aromatic N) is 2. The van der Waals surface area contributed by atoms with E-state index >= 15 is 0 Å². The fourth-order valence-corrected chi connectivity index (χ4v) is 3.05. The molecule has 1 aromatic heterocycles. The van der Waals surface area contributed by atoms with Crippen LogP contribution in [0, 0.1) is 6.92 Å². The van der Waals surface area contributed by atoms with Crippen LogP contribution in [0.3, 0.4) is 0 Å². The zero-order chi connectivity index (χ0) is 12.8. The Kier molecular flexibility index (Phi) is 4.98. The van der Waals surface area contributed by atoms with Gasteiger partial charge in [0.1, 0.15) is 10.8 Å². The molecule has 1 aromatic carbocycles. The number of hydrogen-bond acceptors (Lipinski definition) is 6.